The summed E-state index contributed by atoms with van der Waals surface area (Å²) < 4.78 is 0. The summed E-state index contributed by atoms with van der Waals surface area (Å²) >= 11 is 2.43. The van der Waals surface area contributed by atoms with Crippen LogP contribution in [0.15, 0.2) is 32.7 Å². The van der Waals surface area contributed by atoms with Crippen molar-refractivity contribution in [3.8, 4) is 6.07 Å². The van der Waals surface area contributed by atoms with Gasteiger partial charge in [-0.25, -0.2) is 4.98 Å². The second kappa shape index (κ2) is 5.90. The van der Waals surface area contributed by atoms with Gasteiger partial charge in [0, 0.05) is 5.70 Å². The molecule has 0 atom stereocenters. The maximum atomic E-state index is 11.8. The fourth-order valence-corrected chi connectivity index (χ4v) is 3.05. The van der Waals surface area contributed by atoms with Crippen LogP contribution in [0.1, 0.15) is 6.92 Å². The van der Waals surface area contributed by atoms with Crippen molar-refractivity contribution in [2.75, 3.05) is 5.75 Å². The number of aromatic amines is 1. The van der Waals surface area contributed by atoms with Crippen LogP contribution in [0.2, 0.25) is 0 Å². The average Bonchev–Trinajstić information content (AvgIpc) is 2.85. The maximum Gasteiger partial charge on any atom is 0.260 e. The molecule has 0 unspecified atom stereocenters. The van der Waals surface area contributed by atoms with E-state index in [9.17, 15) is 9.59 Å². The number of thioether (sulfide) groups is 1. The predicted molar refractivity (Wildman–Crippen MR) is 78.5 cm³/mol. The number of H-pyrrole nitrogens is 1. The average molecular weight is 306 g/mol. The monoisotopic (exact) mass is 306 g/mol. The minimum Gasteiger partial charge on any atom is -0.401 e. The van der Waals surface area contributed by atoms with Crippen molar-refractivity contribution in [2.45, 2.75) is 12.1 Å². The van der Waals surface area contributed by atoms with E-state index in [4.69, 9.17) is 11.0 Å². The van der Waals surface area contributed by atoms with Crippen LogP contribution in [0, 0.1) is 11.3 Å². The van der Waals surface area contributed by atoms with E-state index < -0.39 is 0 Å². The molecular formula is C12H10N4O2S2. The first-order valence-electron chi connectivity index (χ1n) is 5.53. The predicted octanol–water partition coefficient (Wildman–Crippen LogP) is 1.40. The molecular weight excluding hydrogens is 296 g/mol. The van der Waals surface area contributed by atoms with Crippen molar-refractivity contribution in [1.29, 1.82) is 5.26 Å². The number of nitrogens with two attached hydrogens (primary N) is 1. The van der Waals surface area contributed by atoms with E-state index in [1.165, 1.54) is 18.3 Å². The fraction of sp³-hybridized carbons (Fsp3) is 0.167. The zero-order chi connectivity index (χ0) is 14.7. The van der Waals surface area contributed by atoms with Crippen LogP contribution in [0.5, 0.6) is 0 Å². The quantitative estimate of drug-likeness (QED) is 0.382. The number of Topliss-reactive ketones (excluding diaryl/α,β-unsaturated/α-hetero) is 1. The summed E-state index contributed by atoms with van der Waals surface area (Å²) in [5.41, 5.74) is 5.35. The molecule has 0 radical (unpaired) electrons. The number of carbonyl (C=O) groups is 1. The van der Waals surface area contributed by atoms with E-state index in [0.29, 0.717) is 15.4 Å². The largest absolute Gasteiger partial charge is 0.401 e. The maximum absolute atomic E-state index is 11.8. The van der Waals surface area contributed by atoms with Gasteiger partial charge >= 0.3 is 0 Å². The Kier molecular flexibility index (Phi) is 4.22. The van der Waals surface area contributed by atoms with Crippen LogP contribution < -0.4 is 11.3 Å². The highest BCUT2D eigenvalue weighted by Crippen LogP contribution is 2.19. The molecule has 0 aliphatic carbocycles. The van der Waals surface area contributed by atoms with Gasteiger partial charge in [0.25, 0.3) is 5.56 Å². The first kappa shape index (κ1) is 14.3. The Bertz CT molecular complexity index is 794. The number of hydrogen-bond donors (Lipinski definition) is 2. The van der Waals surface area contributed by atoms with Crippen molar-refractivity contribution < 1.29 is 4.79 Å². The van der Waals surface area contributed by atoms with Crippen molar-refractivity contribution in [1.82, 2.24) is 9.97 Å². The Balaban J connectivity index is 2.18. The highest BCUT2D eigenvalue weighted by Gasteiger charge is 2.13. The molecule has 0 bridgehead atoms. The van der Waals surface area contributed by atoms with Crippen LogP contribution in [0.4, 0.5) is 0 Å². The van der Waals surface area contributed by atoms with Crippen LogP contribution in [0.25, 0.3) is 10.2 Å². The number of thiophene rings is 1. The van der Waals surface area contributed by atoms with Gasteiger partial charge in [-0.3, -0.25) is 9.59 Å². The molecule has 0 spiro atoms. The summed E-state index contributed by atoms with van der Waals surface area (Å²) in [6.45, 7) is 1.50. The molecule has 2 aromatic heterocycles. The summed E-state index contributed by atoms with van der Waals surface area (Å²) in [6.07, 6.45) is 0. The van der Waals surface area contributed by atoms with Gasteiger partial charge in [-0.2, -0.15) is 5.26 Å². The lowest BCUT2D eigenvalue weighted by molar-refractivity contribution is -0.112. The number of nitrogens with one attached hydrogen (secondary N) is 1. The molecule has 0 saturated heterocycles. The topological polar surface area (TPSA) is 113 Å². The molecule has 0 aromatic carbocycles. The van der Waals surface area contributed by atoms with Gasteiger partial charge in [0.2, 0.25) is 0 Å². The van der Waals surface area contributed by atoms with Gasteiger partial charge in [-0.15, -0.1) is 11.3 Å². The second-order valence-electron chi connectivity index (χ2n) is 3.89. The number of hydrogen-bond acceptors (Lipinski definition) is 7. The third kappa shape index (κ3) is 2.89. The number of rotatable bonds is 4. The smallest absolute Gasteiger partial charge is 0.260 e. The SMILES string of the molecule is CC(N)=C(C#N)C(=O)CSc1nc2sccc2c(=O)[nH]1. The highest BCUT2D eigenvalue weighted by molar-refractivity contribution is 7.99. The zero-order valence-electron chi connectivity index (χ0n) is 10.5. The van der Waals surface area contributed by atoms with Crippen LogP contribution in [-0.4, -0.2) is 21.5 Å². The van der Waals surface area contributed by atoms with E-state index in [0.717, 1.165) is 11.8 Å². The summed E-state index contributed by atoms with van der Waals surface area (Å²) in [6, 6.07) is 3.47. The van der Waals surface area contributed by atoms with E-state index in [2.05, 4.69) is 9.97 Å². The molecule has 0 saturated carbocycles. The van der Waals surface area contributed by atoms with E-state index in [1.54, 1.807) is 17.5 Å². The van der Waals surface area contributed by atoms with Gasteiger partial charge in [-0.1, -0.05) is 11.8 Å². The molecule has 8 heteroatoms. The van der Waals surface area contributed by atoms with Crippen molar-refractivity contribution in [3.63, 3.8) is 0 Å². The summed E-state index contributed by atoms with van der Waals surface area (Å²) in [5.74, 6) is -0.386. The molecule has 0 aliphatic rings. The van der Waals surface area contributed by atoms with Gasteiger partial charge in [0.05, 0.1) is 11.1 Å². The first-order chi connectivity index (χ1) is 9.52. The van der Waals surface area contributed by atoms with Gasteiger partial charge in [0.1, 0.15) is 16.5 Å². The molecule has 0 fully saturated rings. The summed E-state index contributed by atoms with van der Waals surface area (Å²) in [5, 5.41) is 11.5. The zero-order valence-corrected chi connectivity index (χ0v) is 12.1. The molecule has 6 nitrogen and oxygen atoms in total. The first-order valence-corrected chi connectivity index (χ1v) is 7.39. The van der Waals surface area contributed by atoms with Crippen molar-refractivity contribution >= 4 is 39.1 Å². The van der Waals surface area contributed by atoms with E-state index in [-0.39, 0.29) is 28.4 Å². The van der Waals surface area contributed by atoms with Gasteiger partial charge in [-0.05, 0) is 18.4 Å². The van der Waals surface area contributed by atoms with Gasteiger partial charge < -0.3 is 10.7 Å². The number of ketones is 1. The van der Waals surface area contributed by atoms with Crippen LogP contribution in [0.3, 0.4) is 0 Å². The Labute approximate surface area is 122 Å². The minimum atomic E-state index is -0.383. The molecule has 2 rings (SSSR count). The lowest BCUT2D eigenvalue weighted by Gasteiger charge is -2.01. The number of allylic oxidation sites excluding steroid dienone is 2. The Morgan fingerprint density at radius 3 is 3.05 bits per heavy atom. The minimum absolute atomic E-state index is 0.00272. The molecule has 2 heterocycles. The summed E-state index contributed by atoms with van der Waals surface area (Å²) in [4.78, 5) is 31.0. The third-order valence-corrected chi connectivity index (χ3v) is 4.12. The molecule has 20 heavy (non-hydrogen) atoms. The fourth-order valence-electron chi connectivity index (χ4n) is 1.49. The van der Waals surface area contributed by atoms with Crippen molar-refractivity contribution in [3.05, 3.63) is 33.1 Å². The molecule has 3 N–H and O–H groups in total. The third-order valence-electron chi connectivity index (χ3n) is 2.44. The number of nitrogens with zero attached hydrogens (tertiary/aromatic N) is 2. The number of fused-ring (bicyclic) bond motifs is 1. The van der Waals surface area contributed by atoms with Crippen LogP contribution >= 0.6 is 23.1 Å². The lowest BCUT2D eigenvalue weighted by atomic mass is 10.2. The lowest BCUT2D eigenvalue weighted by Crippen LogP contribution is -2.12. The standard InChI is InChI=1S/C12H10N4O2S2/c1-6(14)8(4-13)9(17)5-20-12-15-10(18)7-2-3-19-11(7)16-12/h2-3H,5,14H2,1H3,(H,15,16,18). The molecule has 2 aromatic rings. The molecule has 0 aliphatic heterocycles. The van der Waals surface area contributed by atoms with E-state index >= 15 is 0 Å². The van der Waals surface area contributed by atoms with Gasteiger partial charge in [0.15, 0.2) is 10.9 Å². The number of carbonyl (C=O) groups excluding carboxylic acids is 1. The summed E-state index contributed by atoms with van der Waals surface area (Å²) in [7, 11) is 0. The highest BCUT2D eigenvalue weighted by atomic mass is 32.2. The number of nitriles is 1. The molecule has 102 valence electrons. The number of aromatic nitrogens is 2. The molecule has 0 amide bonds. The normalized spacial score (nSPS) is 12.0. The Morgan fingerprint density at radius 1 is 1.65 bits per heavy atom. The van der Waals surface area contributed by atoms with Crippen molar-refractivity contribution in [2.24, 2.45) is 5.73 Å². The Morgan fingerprint density at radius 2 is 2.40 bits per heavy atom. The Hall–Kier alpha value is -2.11. The second-order valence-corrected chi connectivity index (χ2v) is 5.75. The van der Waals surface area contributed by atoms with E-state index in [1.807, 2.05) is 0 Å². The van der Waals surface area contributed by atoms with Crippen LogP contribution in [-0.2, 0) is 4.79 Å².